The molecule has 0 spiro atoms. The SMILES string of the molecule is CCNc1cc(N(CC2CC2)C2CC2)nc(CC)n1. The highest BCUT2D eigenvalue weighted by Gasteiger charge is 2.34. The van der Waals surface area contributed by atoms with Crippen LogP contribution in [-0.2, 0) is 6.42 Å². The first-order valence-corrected chi connectivity index (χ1v) is 7.68. The molecule has 0 bridgehead atoms. The van der Waals surface area contributed by atoms with E-state index in [-0.39, 0.29) is 0 Å². The van der Waals surface area contributed by atoms with Crippen molar-refractivity contribution in [3.05, 3.63) is 11.9 Å². The Balaban J connectivity index is 1.84. The highest BCUT2D eigenvalue weighted by molar-refractivity contribution is 5.51. The molecular weight excluding hydrogens is 236 g/mol. The van der Waals surface area contributed by atoms with Crippen LogP contribution in [0.3, 0.4) is 0 Å². The van der Waals surface area contributed by atoms with Crippen molar-refractivity contribution in [3.63, 3.8) is 0 Å². The minimum atomic E-state index is 0.731. The number of nitrogens with one attached hydrogen (secondary N) is 1. The summed E-state index contributed by atoms with van der Waals surface area (Å²) in [6.45, 7) is 6.33. The third-order valence-corrected chi connectivity index (χ3v) is 3.87. The molecule has 1 N–H and O–H groups in total. The summed E-state index contributed by atoms with van der Waals surface area (Å²) < 4.78 is 0. The van der Waals surface area contributed by atoms with Gasteiger partial charge in [0, 0.05) is 31.6 Å². The van der Waals surface area contributed by atoms with Gasteiger partial charge in [0.2, 0.25) is 0 Å². The molecule has 2 aliphatic carbocycles. The Morgan fingerprint density at radius 3 is 2.58 bits per heavy atom. The molecule has 1 aromatic heterocycles. The topological polar surface area (TPSA) is 41.0 Å². The van der Waals surface area contributed by atoms with E-state index in [9.17, 15) is 0 Å². The second kappa shape index (κ2) is 5.35. The van der Waals surface area contributed by atoms with E-state index >= 15 is 0 Å². The fourth-order valence-corrected chi connectivity index (χ4v) is 2.45. The maximum atomic E-state index is 4.75. The number of aromatic nitrogens is 2. The summed E-state index contributed by atoms with van der Waals surface area (Å²) in [7, 11) is 0. The van der Waals surface area contributed by atoms with Crippen LogP contribution in [-0.4, -0.2) is 29.1 Å². The Hall–Kier alpha value is -1.32. The second-order valence-corrected chi connectivity index (χ2v) is 5.74. The number of hydrogen-bond acceptors (Lipinski definition) is 4. The number of hydrogen-bond donors (Lipinski definition) is 1. The van der Waals surface area contributed by atoms with Crippen molar-refractivity contribution in [2.24, 2.45) is 5.92 Å². The van der Waals surface area contributed by atoms with Crippen LogP contribution in [0.25, 0.3) is 0 Å². The molecule has 0 atom stereocenters. The van der Waals surface area contributed by atoms with E-state index in [0.717, 1.165) is 42.4 Å². The van der Waals surface area contributed by atoms with Gasteiger partial charge in [-0.3, -0.25) is 0 Å². The zero-order chi connectivity index (χ0) is 13.2. The van der Waals surface area contributed by atoms with Crippen molar-refractivity contribution < 1.29 is 0 Å². The molecular formula is C15H24N4. The molecule has 104 valence electrons. The summed E-state index contributed by atoms with van der Waals surface area (Å²) in [4.78, 5) is 11.8. The van der Waals surface area contributed by atoms with E-state index in [1.807, 2.05) is 0 Å². The Morgan fingerprint density at radius 1 is 1.21 bits per heavy atom. The van der Waals surface area contributed by atoms with Gasteiger partial charge in [-0.15, -0.1) is 0 Å². The monoisotopic (exact) mass is 260 g/mol. The Kier molecular flexibility index (Phi) is 3.58. The Morgan fingerprint density at radius 2 is 2.00 bits per heavy atom. The highest BCUT2D eigenvalue weighted by atomic mass is 15.2. The molecule has 0 radical (unpaired) electrons. The van der Waals surface area contributed by atoms with Crippen LogP contribution in [0.5, 0.6) is 0 Å². The minimum absolute atomic E-state index is 0.731. The highest BCUT2D eigenvalue weighted by Crippen LogP contribution is 2.37. The van der Waals surface area contributed by atoms with E-state index < -0.39 is 0 Å². The van der Waals surface area contributed by atoms with Gasteiger partial charge in [0.05, 0.1) is 0 Å². The van der Waals surface area contributed by atoms with Crippen LogP contribution in [0.2, 0.25) is 0 Å². The smallest absolute Gasteiger partial charge is 0.134 e. The normalized spacial score (nSPS) is 18.4. The number of rotatable bonds is 7. The lowest BCUT2D eigenvalue weighted by molar-refractivity contribution is 0.703. The number of aryl methyl sites for hydroxylation is 1. The molecule has 0 aliphatic heterocycles. The van der Waals surface area contributed by atoms with Crippen LogP contribution >= 0.6 is 0 Å². The van der Waals surface area contributed by atoms with Crippen molar-refractivity contribution in [3.8, 4) is 0 Å². The summed E-state index contributed by atoms with van der Waals surface area (Å²) in [5.41, 5.74) is 0. The van der Waals surface area contributed by atoms with E-state index in [0.29, 0.717) is 0 Å². The first-order valence-electron chi connectivity index (χ1n) is 7.68. The molecule has 0 aromatic carbocycles. The van der Waals surface area contributed by atoms with Gasteiger partial charge < -0.3 is 10.2 Å². The molecule has 0 amide bonds. The van der Waals surface area contributed by atoms with Gasteiger partial charge in [-0.1, -0.05) is 6.92 Å². The van der Waals surface area contributed by atoms with E-state index in [1.165, 1.54) is 32.2 Å². The lowest BCUT2D eigenvalue weighted by Gasteiger charge is -2.24. The van der Waals surface area contributed by atoms with Crippen molar-refractivity contribution in [2.45, 2.75) is 52.0 Å². The third-order valence-electron chi connectivity index (χ3n) is 3.87. The predicted molar refractivity (Wildman–Crippen MR) is 78.7 cm³/mol. The van der Waals surface area contributed by atoms with Crippen LogP contribution in [0.15, 0.2) is 6.07 Å². The molecule has 4 heteroatoms. The first-order chi connectivity index (χ1) is 9.30. The van der Waals surface area contributed by atoms with Gasteiger partial charge in [0.25, 0.3) is 0 Å². The van der Waals surface area contributed by atoms with Crippen molar-refractivity contribution in [1.82, 2.24) is 9.97 Å². The van der Waals surface area contributed by atoms with Gasteiger partial charge in [0.15, 0.2) is 0 Å². The predicted octanol–water partition coefficient (Wildman–Crippen LogP) is 2.85. The molecule has 0 saturated heterocycles. The fourth-order valence-electron chi connectivity index (χ4n) is 2.45. The molecule has 4 nitrogen and oxygen atoms in total. The Bertz CT molecular complexity index is 438. The van der Waals surface area contributed by atoms with Gasteiger partial charge in [-0.25, -0.2) is 9.97 Å². The first kappa shape index (κ1) is 12.7. The molecule has 2 fully saturated rings. The van der Waals surface area contributed by atoms with Crippen LogP contribution < -0.4 is 10.2 Å². The molecule has 0 unspecified atom stereocenters. The van der Waals surface area contributed by atoms with E-state index in [1.54, 1.807) is 0 Å². The van der Waals surface area contributed by atoms with Crippen LogP contribution in [0, 0.1) is 5.92 Å². The molecule has 19 heavy (non-hydrogen) atoms. The van der Waals surface area contributed by atoms with Gasteiger partial charge in [-0.05, 0) is 38.5 Å². The minimum Gasteiger partial charge on any atom is -0.370 e. The lowest BCUT2D eigenvalue weighted by Crippen LogP contribution is -2.29. The summed E-state index contributed by atoms with van der Waals surface area (Å²) in [5, 5.41) is 3.33. The zero-order valence-electron chi connectivity index (χ0n) is 12.0. The largest absolute Gasteiger partial charge is 0.370 e. The summed E-state index contributed by atoms with van der Waals surface area (Å²) >= 11 is 0. The fraction of sp³-hybridized carbons (Fsp3) is 0.733. The molecule has 3 rings (SSSR count). The maximum Gasteiger partial charge on any atom is 0.134 e. The Labute approximate surface area is 115 Å². The van der Waals surface area contributed by atoms with Gasteiger partial charge in [-0.2, -0.15) is 0 Å². The number of nitrogens with zero attached hydrogens (tertiary/aromatic N) is 3. The van der Waals surface area contributed by atoms with E-state index in [4.69, 9.17) is 4.98 Å². The molecule has 1 aromatic rings. The molecule has 1 heterocycles. The average molecular weight is 260 g/mol. The zero-order valence-corrected chi connectivity index (χ0v) is 12.0. The summed E-state index contributed by atoms with van der Waals surface area (Å²) in [6, 6.07) is 2.86. The van der Waals surface area contributed by atoms with Crippen LogP contribution in [0.4, 0.5) is 11.6 Å². The van der Waals surface area contributed by atoms with Gasteiger partial charge in [0.1, 0.15) is 17.5 Å². The summed E-state index contributed by atoms with van der Waals surface area (Å²) in [6.07, 6.45) is 6.35. The summed E-state index contributed by atoms with van der Waals surface area (Å²) in [5.74, 6) is 3.97. The molecule has 2 aliphatic rings. The second-order valence-electron chi connectivity index (χ2n) is 5.74. The molecule has 2 saturated carbocycles. The van der Waals surface area contributed by atoms with Crippen molar-refractivity contribution >= 4 is 11.6 Å². The quantitative estimate of drug-likeness (QED) is 0.818. The third kappa shape index (κ3) is 3.17. The standard InChI is InChI=1S/C15H24N4/c1-3-13-17-14(16-4-2)9-15(18-13)19(12-7-8-12)10-11-5-6-11/h9,11-12H,3-8,10H2,1-2H3,(H,16,17,18). The van der Waals surface area contributed by atoms with Crippen LogP contribution in [0.1, 0.15) is 45.4 Å². The average Bonchev–Trinajstić information content (AvgIpc) is 3.28. The maximum absolute atomic E-state index is 4.75. The lowest BCUT2D eigenvalue weighted by atomic mass is 10.3. The van der Waals surface area contributed by atoms with Crippen molar-refractivity contribution in [1.29, 1.82) is 0 Å². The van der Waals surface area contributed by atoms with E-state index in [2.05, 4.69) is 35.1 Å². The van der Waals surface area contributed by atoms with Gasteiger partial charge >= 0.3 is 0 Å². The number of anilines is 2. The van der Waals surface area contributed by atoms with Crippen molar-refractivity contribution in [2.75, 3.05) is 23.3 Å².